The minimum atomic E-state index is -0.304. The van der Waals surface area contributed by atoms with Crippen LogP contribution in [0.1, 0.15) is 31.9 Å². The topological polar surface area (TPSA) is 50.7 Å². The summed E-state index contributed by atoms with van der Waals surface area (Å²) < 4.78 is 6.42. The van der Waals surface area contributed by atoms with Gasteiger partial charge in [-0.1, -0.05) is 61.0 Å². The lowest BCUT2D eigenvalue weighted by Gasteiger charge is -2.19. The number of hydrogen-bond donors (Lipinski definition) is 1. The van der Waals surface area contributed by atoms with Gasteiger partial charge in [-0.15, -0.1) is 0 Å². The molecule has 24 heavy (non-hydrogen) atoms. The summed E-state index contributed by atoms with van der Waals surface area (Å²) in [7, 11) is 0. The van der Waals surface area contributed by atoms with Crippen LogP contribution in [0.15, 0.2) is 58.1 Å². The number of halogens is 1. The standard InChI is InChI=1S/C19H21BrN2O2/c1-19(2,3)15-7-9-17(10-8-15)24-13-18(23)22-21-12-14-5-4-6-16(20)11-14/h4-12H,13H2,1-3H3,(H,22,23)/b21-12+. The summed E-state index contributed by atoms with van der Waals surface area (Å²) >= 11 is 3.38. The molecular weight excluding hydrogens is 368 g/mol. The van der Waals surface area contributed by atoms with Crippen molar-refractivity contribution < 1.29 is 9.53 Å². The molecule has 0 unspecified atom stereocenters. The van der Waals surface area contributed by atoms with Crippen LogP contribution < -0.4 is 10.2 Å². The van der Waals surface area contributed by atoms with E-state index in [2.05, 4.69) is 47.2 Å². The Morgan fingerprint density at radius 1 is 1.21 bits per heavy atom. The molecule has 4 nitrogen and oxygen atoms in total. The number of ether oxygens (including phenoxy) is 1. The van der Waals surface area contributed by atoms with Crippen molar-refractivity contribution >= 4 is 28.1 Å². The van der Waals surface area contributed by atoms with Crippen LogP contribution in [-0.2, 0) is 10.2 Å². The van der Waals surface area contributed by atoms with Gasteiger partial charge >= 0.3 is 0 Å². The highest BCUT2D eigenvalue weighted by molar-refractivity contribution is 9.10. The van der Waals surface area contributed by atoms with E-state index < -0.39 is 0 Å². The summed E-state index contributed by atoms with van der Waals surface area (Å²) in [5, 5.41) is 3.92. The Morgan fingerprint density at radius 2 is 1.92 bits per heavy atom. The zero-order chi connectivity index (χ0) is 17.6. The van der Waals surface area contributed by atoms with E-state index in [1.165, 1.54) is 5.56 Å². The number of nitrogens with zero attached hydrogens (tertiary/aromatic N) is 1. The van der Waals surface area contributed by atoms with E-state index in [0.717, 1.165) is 10.0 Å². The fourth-order valence-corrected chi connectivity index (χ4v) is 2.41. The molecule has 2 aromatic carbocycles. The first-order valence-electron chi connectivity index (χ1n) is 7.65. The van der Waals surface area contributed by atoms with E-state index in [1.54, 1.807) is 6.21 Å². The molecule has 5 heteroatoms. The van der Waals surface area contributed by atoms with Gasteiger partial charge in [0.05, 0.1) is 6.21 Å². The molecule has 126 valence electrons. The van der Waals surface area contributed by atoms with Crippen molar-refractivity contribution in [1.82, 2.24) is 5.43 Å². The highest BCUT2D eigenvalue weighted by Gasteiger charge is 2.13. The summed E-state index contributed by atoms with van der Waals surface area (Å²) in [6.07, 6.45) is 1.58. The summed E-state index contributed by atoms with van der Waals surface area (Å²) in [6.45, 7) is 6.38. The molecule has 0 aliphatic heterocycles. The zero-order valence-electron chi connectivity index (χ0n) is 14.0. The quantitative estimate of drug-likeness (QED) is 0.613. The number of rotatable bonds is 5. The molecule has 0 aliphatic carbocycles. The van der Waals surface area contributed by atoms with Gasteiger partial charge in [-0.3, -0.25) is 4.79 Å². The molecule has 2 aromatic rings. The van der Waals surface area contributed by atoms with E-state index in [4.69, 9.17) is 4.74 Å². The van der Waals surface area contributed by atoms with Gasteiger partial charge in [0.2, 0.25) is 0 Å². The number of carbonyl (C=O) groups excluding carboxylic acids is 1. The van der Waals surface area contributed by atoms with Gasteiger partial charge in [-0.05, 0) is 40.8 Å². The monoisotopic (exact) mass is 388 g/mol. The molecule has 1 N–H and O–H groups in total. The molecule has 0 fully saturated rings. The Kier molecular flexibility index (Phi) is 6.15. The average molecular weight is 389 g/mol. The SMILES string of the molecule is CC(C)(C)c1ccc(OCC(=O)N/N=C/c2cccc(Br)c2)cc1. The number of amides is 1. The smallest absolute Gasteiger partial charge is 0.277 e. The molecule has 0 aliphatic rings. The third-order valence-electron chi connectivity index (χ3n) is 3.34. The van der Waals surface area contributed by atoms with Crippen molar-refractivity contribution in [3.63, 3.8) is 0 Å². The molecule has 0 radical (unpaired) electrons. The van der Waals surface area contributed by atoms with Crippen molar-refractivity contribution in [3.05, 3.63) is 64.1 Å². The molecular formula is C19H21BrN2O2. The van der Waals surface area contributed by atoms with Gasteiger partial charge in [0.15, 0.2) is 6.61 Å². The molecule has 0 saturated carbocycles. The van der Waals surface area contributed by atoms with Crippen molar-refractivity contribution in [2.24, 2.45) is 5.10 Å². The molecule has 0 bridgehead atoms. The first-order valence-corrected chi connectivity index (χ1v) is 8.45. The van der Waals surface area contributed by atoms with Crippen LogP contribution in [-0.4, -0.2) is 18.7 Å². The fraction of sp³-hybridized carbons (Fsp3) is 0.263. The minimum Gasteiger partial charge on any atom is -0.484 e. The van der Waals surface area contributed by atoms with Crippen LogP contribution >= 0.6 is 15.9 Å². The van der Waals surface area contributed by atoms with Gasteiger partial charge in [0.25, 0.3) is 5.91 Å². The van der Waals surface area contributed by atoms with Crippen molar-refractivity contribution in [2.45, 2.75) is 26.2 Å². The van der Waals surface area contributed by atoms with Crippen LogP contribution in [0.3, 0.4) is 0 Å². The van der Waals surface area contributed by atoms with Gasteiger partial charge in [0, 0.05) is 4.47 Å². The van der Waals surface area contributed by atoms with Gasteiger partial charge in [0.1, 0.15) is 5.75 Å². The third kappa shape index (κ3) is 5.81. The minimum absolute atomic E-state index is 0.0787. The first kappa shape index (κ1) is 18.2. The summed E-state index contributed by atoms with van der Waals surface area (Å²) in [5.41, 5.74) is 4.65. The second kappa shape index (κ2) is 8.11. The van der Waals surface area contributed by atoms with Gasteiger partial charge in [-0.25, -0.2) is 5.43 Å². The van der Waals surface area contributed by atoms with Crippen molar-refractivity contribution in [3.8, 4) is 5.75 Å². The van der Waals surface area contributed by atoms with Crippen LogP contribution in [0.2, 0.25) is 0 Å². The Labute approximate surface area is 151 Å². The molecule has 0 atom stereocenters. The van der Waals surface area contributed by atoms with Crippen LogP contribution in [0.5, 0.6) is 5.75 Å². The van der Waals surface area contributed by atoms with E-state index in [1.807, 2.05) is 48.5 Å². The molecule has 0 aromatic heterocycles. The van der Waals surface area contributed by atoms with Crippen molar-refractivity contribution in [2.75, 3.05) is 6.61 Å². The summed E-state index contributed by atoms with van der Waals surface area (Å²) in [4.78, 5) is 11.7. The lowest BCUT2D eigenvalue weighted by atomic mass is 9.87. The highest BCUT2D eigenvalue weighted by atomic mass is 79.9. The van der Waals surface area contributed by atoms with Crippen LogP contribution in [0.25, 0.3) is 0 Å². The first-order chi connectivity index (χ1) is 11.3. The second-order valence-corrected chi connectivity index (χ2v) is 7.33. The molecule has 0 saturated heterocycles. The lowest BCUT2D eigenvalue weighted by Crippen LogP contribution is -2.24. The number of nitrogens with one attached hydrogen (secondary N) is 1. The number of benzene rings is 2. The molecule has 0 spiro atoms. The van der Waals surface area contributed by atoms with E-state index in [9.17, 15) is 4.79 Å². The maximum absolute atomic E-state index is 11.7. The number of hydrazone groups is 1. The lowest BCUT2D eigenvalue weighted by molar-refractivity contribution is -0.123. The van der Waals surface area contributed by atoms with Crippen molar-refractivity contribution in [1.29, 1.82) is 0 Å². The van der Waals surface area contributed by atoms with Gasteiger partial charge in [-0.2, -0.15) is 5.10 Å². The van der Waals surface area contributed by atoms with E-state index in [0.29, 0.717) is 5.75 Å². The van der Waals surface area contributed by atoms with Gasteiger partial charge < -0.3 is 4.74 Å². The normalized spacial score (nSPS) is 11.5. The Bertz CT molecular complexity index is 719. The number of hydrogen-bond acceptors (Lipinski definition) is 3. The maximum Gasteiger partial charge on any atom is 0.277 e. The Morgan fingerprint density at radius 3 is 2.54 bits per heavy atom. The highest BCUT2D eigenvalue weighted by Crippen LogP contribution is 2.24. The second-order valence-electron chi connectivity index (χ2n) is 6.41. The maximum atomic E-state index is 11.7. The van der Waals surface area contributed by atoms with E-state index >= 15 is 0 Å². The Hall–Kier alpha value is -2.14. The summed E-state index contributed by atoms with van der Waals surface area (Å²) in [6, 6.07) is 15.4. The zero-order valence-corrected chi connectivity index (χ0v) is 15.6. The summed E-state index contributed by atoms with van der Waals surface area (Å²) in [5.74, 6) is 0.357. The molecule has 1 amide bonds. The largest absolute Gasteiger partial charge is 0.484 e. The van der Waals surface area contributed by atoms with Crippen LogP contribution in [0.4, 0.5) is 0 Å². The van der Waals surface area contributed by atoms with Crippen LogP contribution in [0, 0.1) is 0 Å². The predicted octanol–water partition coefficient (Wildman–Crippen LogP) is 4.28. The number of carbonyl (C=O) groups is 1. The molecule has 2 rings (SSSR count). The van der Waals surface area contributed by atoms with E-state index in [-0.39, 0.29) is 17.9 Å². The third-order valence-corrected chi connectivity index (χ3v) is 3.84. The molecule has 0 heterocycles. The predicted molar refractivity (Wildman–Crippen MR) is 101 cm³/mol. The Balaban J connectivity index is 1.81. The fourth-order valence-electron chi connectivity index (χ4n) is 2.00. The average Bonchev–Trinajstić information content (AvgIpc) is 2.52.